The number of nitrogens with one attached hydrogen (secondary N) is 1. The maximum Gasteiger partial charge on any atom is 0.267 e. The topological polar surface area (TPSA) is 78.1 Å². The molecule has 1 aromatic rings. The van der Waals surface area contributed by atoms with Crippen LogP contribution in [0.5, 0.6) is 0 Å². The number of nitriles is 1. The van der Waals surface area contributed by atoms with Crippen LogP contribution in [0.1, 0.15) is 35.3 Å². The van der Waals surface area contributed by atoms with E-state index in [9.17, 15) is 9.59 Å². The summed E-state index contributed by atoms with van der Waals surface area (Å²) in [6.45, 7) is 2.04. The van der Waals surface area contributed by atoms with E-state index in [-0.39, 0.29) is 11.8 Å². The summed E-state index contributed by atoms with van der Waals surface area (Å²) in [6, 6.07) is 3.58. The largest absolute Gasteiger partial charge is 0.351 e. The van der Waals surface area contributed by atoms with Gasteiger partial charge in [0.1, 0.15) is 11.8 Å². The Hall–Kier alpha value is -2.29. The fraction of sp³-hybridized carbons (Fsp3) is 0.500. The number of nitrogens with zero attached hydrogens (tertiary/aromatic N) is 3. The van der Waals surface area contributed by atoms with Gasteiger partial charge in [-0.2, -0.15) is 5.26 Å². The van der Waals surface area contributed by atoms with Gasteiger partial charge in [-0.1, -0.05) is 0 Å². The van der Waals surface area contributed by atoms with Gasteiger partial charge in [0.05, 0.1) is 5.56 Å². The molecule has 2 rings (SSSR count). The first-order valence-corrected chi connectivity index (χ1v) is 6.74. The van der Waals surface area contributed by atoms with Crippen LogP contribution in [-0.4, -0.2) is 40.9 Å². The van der Waals surface area contributed by atoms with E-state index in [4.69, 9.17) is 5.26 Å². The molecule has 20 heavy (non-hydrogen) atoms. The number of carbonyl (C=O) groups is 2. The number of rotatable bonds is 5. The summed E-state index contributed by atoms with van der Waals surface area (Å²) in [7, 11) is 1.73. The molecule has 1 saturated heterocycles. The summed E-state index contributed by atoms with van der Waals surface area (Å²) < 4.78 is 1.64. The first-order valence-electron chi connectivity index (χ1n) is 6.74. The molecule has 0 aromatic carbocycles. The molecular formula is C14H18N4O2. The van der Waals surface area contributed by atoms with E-state index in [1.54, 1.807) is 23.9 Å². The Kier molecular flexibility index (Phi) is 4.41. The minimum absolute atomic E-state index is 0.193. The van der Waals surface area contributed by atoms with E-state index in [1.165, 1.54) is 0 Å². The average molecular weight is 274 g/mol. The van der Waals surface area contributed by atoms with Gasteiger partial charge in [0.25, 0.3) is 5.91 Å². The number of amides is 2. The lowest BCUT2D eigenvalue weighted by Crippen LogP contribution is -2.31. The zero-order valence-electron chi connectivity index (χ0n) is 11.6. The quantitative estimate of drug-likeness (QED) is 0.800. The number of aryl methyl sites for hydroxylation is 1. The van der Waals surface area contributed by atoms with Crippen molar-refractivity contribution in [3.8, 4) is 6.07 Å². The first kappa shape index (κ1) is 14.1. The lowest BCUT2D eigenvalue weighted by Gasteiger charge is -2.15. The van der Waals surface area contributed by atoms with E-state index < -0.39 is 0 Å². The zero-order valence-corrected chi connectivity index (χ0v) is 11.6. The van der Waals surface area contributed by atoms with Gasteiger partial charge in [-0.05, 0) is 18.9 Å². The van der Waals surface area contributed by atoms with Crippen molar-refractivity contribution in [2.24, 2.45) is 7.05 Å². The number of hydrogen-bond acceptors (Lipinski definition) is 3. The molecule has 0 spiro atoms. The van der Waals surface area contributed by atoms with Crippen molar-refractivity contribution in [1.29, 1.82) is 5.26 Å². The van der Waals surface area contributed by atoms with E-state index in [1.807, 2.05) is 11.0 Å². The van der Waals surface area contributed by atoms with Crippen LogP contribution in [-0.2, 0) is 11.8 Å². The second-order valence-electron chi connectivity index (χ2n) is 4.93. The highest BCUT2D eigenvalue weighted by molar-refractivity contribution is 5.93. The van der Waals surface area contributed by atoms with Gasteiger partial charge in [0.15, 0.2) is 0 Å². The summed E-state index contributed by atoms with van der Waals surface area (Å²) >= 11 is 0. The lowest BCUT2D eigenvalue weighted by atomic mass is 10.3. The van der Waals surface area contributed by atoms with Gasteiger partial charge in [0.2, 0.25) is 5.91 Å². The minimum atomic E-state index is -0.193. The molecule has 1 fully saturated rings. The summed E-state index contributed by atoms with van der Waals surface area (Å²) in [4.78, 5) is 25.2. The Morgan fingerprint density at radius 1 is 1.55 bits per heavy atom. The molecule has 0 saturated carbocycles. The SMILES string of the molecule is Cn1cc(C#N)cc1C(=O)NCCCN1CCCC1=O. The van der Waals surface area contributed by atoms with Crippen molar-refractivity contribution in [3.05, 3.63) is 23.5 Å². The van der Waals surface area contributed by atoms with Crippen molar-refractivity contribution in [2.75, 3.05) is 19.6 Å². The average Bonchev–Trinajstić information content (AvgIpc) is 3.00. The van der Waals surface area contributed by atoms with Crippen molar-refractivity contribution in [2.45, 2.75) is 19.3 Å². The Bertz CT molecular complexity index is 556. The zero-order chi connectivity index (χ0) is 14.5. The molecule has 2 heterocycles. The van der Waals surface area contributed by atoms with Crippen LogP contribution in [0.25, 0.3) is 0 Å². The molecule has 1 aliphatic heterocycles. The molecule has 0 bridgehead atoms. The van der Waals surface area contributed by atoms with E-state index in [0.29, 0.717) is 30.8 Å². The van der Waals surface area contributed by atoms with Crippen molar-refractivity contribution >= 4 is 11.8 Å². The van der Waals surface area contributed by atoms with Gasteiger partial charge < -0.3 is 14.8 Å². The highest BCUT2D eigenvalue weighted by Gasteiger charge is 2.19. The number of likely N-dealkylation sites (tertiary alicyclic amines) is 1. The van der Waals surface area contributed by atoms with E-state index in [0.717, 1.165) is 19.4 Å². The molecule has 1 aromatic heterocycles. The third-order valence-corrected chi connectivity index (χ3v) is 3.43. The van der Waals surface area contributed by atoms with Crippen LogP contribution in [0.3, 0.4) is 0 Å². The summed E-state index contributed by atoms with van der Waals surface area (Å²) in [5.74, 6) is 0.0131. The Balaban J connectivity index is 1.76. The molecule has 1 aliphatic rings. The van der Waals surface area contributed by atoms with Gasteiger partial charge in [0, 0.05) is 39.3 Å². The molecular weight excluding hydrogens is 256 g/mol. The molecule has 106 valence electrons. The Morgan fingerprint density at radius 3 is 2.95 bits per heavy atom. The van der Waals surface area contributed by atoms with Crippen molar-refractivity contribution in [1.82, 2.24) is 14.8 Å². The first-order chi connectivity index (χ1) is 9.61. The maximum atomic E-state index is 11.9. The number of hydrogen-bond donors (Lipinski definition) is 1. The molecule has 0 aliphatic carbocycles. The van der Waals surface area contributed by atoms with Crippen molar-refractivity contribution in [3.63, 3.8) is 0 Å². The lowest BCUT2D eigenvalue weighted by molar-refractivity contribution is -0.127. The van der Waals surface area contributed by atoms with Crippen LogP contribution in [0.2, 0.25) is 0 Å². The number of carbonyl (C=O) groups excluding carboxylic acids is 2. The standard InChI is InChI=1S/C14H18N4O2/c1-17-10-11(9-15)8-12(17)14(20)16-5-3-7-18-6-2-4-13(18)19/h8,10H,2-7H2,1H3,(H,16,20). The number of aromatic nitrogens is 1. The summed E-state index contributed by atoms with van der Waals surface area (Å²) in [5.41, 5.74) is 0.944. The maximum absolute atomic E-state index is 11.9. The van der Waals surface area contributed by atoms with Crippen molar-refractivity contribution < 1.29 is 9.59 Å². The Morgan fingerprint density at radius 2 is 2.35 bits per heavy atom. The molecule has 0 unspecified atom stereocenters. The fourth-order valence-corrected chi connectivity index (χ4v) is 2.35. The molecule has 1 N–H and O–H groups in total. The predicted molar refractivity (Wildman–Crippen MR) is 72.9 cm³/mol. The molecule has 2 amide bonds. The molecule has 0 radical (unpaired) electrons. The van der Waals surface area contributed by atoms with E-state index in [2.05, 4.69) is 5.32 Å². The second kappa shape index (κ2) is 6.24. The van der Waals surface area contributed by atoms with Crippen LogP contribution >= 0.6 is 0 Å². The van der Waals surface area contributed by atoms with Gasteiger partial charge >= 0.3 is 0 Å². The third-order valence-electron chi connectivity index (χ3n) is 3.43. The fourth-order valence-electron chi connectivity index (χ4n) is 2.35. The van der Waals surface area contributed by atoms with Crippen LogP contribution in [0.15, 0.2) is 12.3 Å². The highest BCUT2D eigenvalue weighted by atomic mass is 16.2. The highest BCUT2D eigenvalue weighted by Crippen LogP contribution is 2.09. The van der Waals surface area contributed by atoms with Gasteiger partial charge in [-0.15, -0.1) is 0 Å². The smallest absolute Gasteiger partial charge is 0.267 e. The monoisotopic (exact) mass is 274 g/mol. The summed E-state index contributed by atoms with van der Waals surface area (Å²) in [6.07, 6.45) is 3.95. The second-order valence-corrected chi connectivity index (χ2v) is 4.93. The van der Waals surface area contributed by atoms with Crippen LogP contribution < -0.4 is 5.32 Å². The normalized spacial score (nSPS) is 14.4. The van der Waals surface area contributed by atoms with E-state index >= 15 is 0 Å². The Labute approximate surface area is 118 Å². The molecule has 0 atom stereocenters. The van der Waals surface area contributed by atoms with Crippen LogP contribution in [0, 0.1) is 11.3 Å². The minimum Gasteiger partial charge on any atom is -0.351 e. The predicted octanol–water partition coefficient (Wildman–Crippen LogP) is 0.639. The molecule has 6 nitrogen and oxygen atoms in total. The third kappa shape index (κ3) is 3.18. The van der Waals surface area contributed by atoms with Gasteiger partial charge in [-0.25, -0.2) is 0 Å². The van der Waals surface area contributed by atoms with Gasteiger partial charge in [-0.3, -0.25) is 9.59 Å². The summed E-state index contributed by atoms with van der Waals surface area (Å²) in [5, 5.41) is 11.6. The molecule has 6 heteroatoms. The van der Waals surface area contributed by atoms with Crippen LogP contribution in [0.4, 0.5) is 0 Å².